The van der Waals surface area contributed by atoms with Gasteiger partial charge in [0.15, 0.2) is 0 Å². The van der Waals surface area contributed by atoms with Crippen molar-refractivity contribution < 1.29 is 18.6 Å². The number of aliphatic hydroxyl groups is 1. The zero-order chi connectivity index (χ0) is 13.7. The minimum atomic E-state index is -2.87. The zero-order valence-electron chi connectivity index (χ0n) is 10.7. The summed E-state index contributed by atoms with van der Waals surface area (Å²) in [6.45, 7) is 0.228. The first-order valence-corrected chi connectivity index (χ1v) is 6.45. The first-order valence-electron chi connectivity index (χ1n) is 6.45. The lowest BCUT2D eigenvalue weighted by atomic mass is 10.1. The van der Waals surface area contributed by atoms with Crippen LogP contribution in [0.25, 0.3) is 0 Å². The molecule has 2 nitrogen and oxygen atoms in total. The van der Waals surface area contributed by atoms with Gasteiger partial charge >= 0.3 is 0 Å². The summed E-state index contributed by atoms with van der Waals surface area (Å²) in [5.41, 5.74) is 0.944. The van der Waals surface area contributed by atoms with Gasteiger partial charge in [0.25, 0.3) is 5.92 Å². The third-order valence-corrected chi connectivity index (χ3v) is 3.27. The van der Waals surface area contributed by atoms with Crippen molar-refractivity contribution in [2.24, 2.45) is 0 Å². The number of hydrogen-bond donors (Lipinski definition) is 1. The van der Waals surface area contributed by atoms with Crippen molar-refractivity contribution in [2.45, 2.75) is 37.9 Å². The molecule has 19 heavy (non-hydrogen) atoms. The summed E-state index contributed by atoms with van der Waals surface area (Å²) in [5, 5.41) is 9.42. The van der Waals surface area contributed by atoms with E-state index in [1.165, 1.54) is 6.08 Å². The fourth-order valence-electron chi connectivity index (χ4n) is 2.07. The molecule has 1 aliphatic rings. The minimum absolute atomic E-state index is 0.0139. The van der Waals surface area contributed by atoms with Crippen LogP contribution in [-0.4, -0.2) is 23.7 Å². The van der Waals surface area contributed by atoms with Crippen LogP contribution in [0.1, 0.15) is 24.8 Å². The van der Waals surface area contributed by atoms with Crippen LogP contribution >= 0.6 is 0 Å². The Morgan fingerprint density at radius 2 is 1.95 bits per heavy atom. The molecule has 0 fully saturated rings. The zero-order valence-corrected chi connectivity index (χ0v) is 10.7. The highest BCUT2D eigenvalue weighted by Crippen LogP contribution is 2.33. The van der Waals surface area contributed by atoms with E-state index in [1.54, 1.807) is 0 Å². The summed E-state index contributed by atoms with van der Waals surface area (Å²) in [6, 6.07) is 9.45. The number of hydrogen-bond acceptors (Lipinski definition) is 2. The largest absolute Gasteiger partial charge is 0.393 e. The number of halogens is 2. The van der Waals surface area contributed by atoms with E-state index in [9.17, 15) is 13.9 Å². The van der Waals surface area contributed by atoms with Crippen molar-refractivity contribution >= 4 is 0 Å². The predicted octanol–water partition coefficient (Wildman–Crippen LogP) is 3.31. The summed E-state index contributed by atoms with van der Waals surface area (Å²) < 4.78 is 32.9. The lowest BCUT2D eigenvalue weighted by Gasteiger charge is -2.18. The number of alkyl halides is 2. The van der Waals surface area contributed by atoms with Crippen LogP contribution in [-0.2, 0) is 11.3 Å². The van der Waals surface area contributed by atoms with Gasteiger partial charge < -0.3 is 9.84 Å². The maximum absolute atomic E-state index is 13.8. The molecule has 104 valence electrons. The van der Waals surface area contributed by atoms with Crippen LogP contribution in [0.4, 0.5) is 8.78 Å². The van der Waals surface area contributed by atoms with Crippen molar-refractivity contribution in [1.82, 2.24) is 0 Å². The molecule has 1 aromatic carbocycles. The van der Waals surface area contributed by atoms with E-state index in [0.717, 1.165) is 5.56 Å². The summed E-state index contributed by atoms with van der Waals surface area (Å²) in [7, 11) is 0. The maximum atomic E-state index is 13.8. The van der Waals surface area contributed by atoms with Crippen LogP contribution < -0.4 is 0 Å². The predicted molar refractivity (Wildman–Crippen MR) is 69.0 cm³/mol. The van der Waals surface area contributed by atoms with Gasteiger partial charge in [0.1, 0.15) is 0 Å². The van der Waals surface area contributed by atoms with Crippen LogP contribution in [0.2, 0.25) is 0 Å². The molecular formula is C15H18F2O2. The summed E-state index contributed by atoms with van der Waals surface area (Å²) in [4.78, 5) is 0. The number of ether oxygens (including phenoxy) is 1. The van der Waals surface area contributed by atoms with Gasteiger partial charge in [-0.05, 0) is 18.4 Å². The Balaban J connectivity index is 1.90. The molecule has 0 aliphatic heterocycles. The van der Waals surface area contributed by atoms with Gasteiger partial charge in [0.2, 0.25) is 0 Å². The quantitative estimate of drug-likeness (QED) is 0.849. The molecule has 4 heteroatoms. The third-order valence-electron chi connectivity index (χ3n) is 3.27. The van der Waals surface area contributed by atoms with E-state index in [1.807, 2.05) is 30.3 Å². The minimum Gasteiger partial charge on any atom is -0.393 e. The lowest BCUT2D eigenvalue weighted by molar-refractivity contribution is 0.00318. The topological polar surface area (TPSA) is 29.5 Å². The Morgan fingerprint density at radius 3 is 2.68 bits per heavy atom. The molecule has 0 amide bonds. The van der Waals surface area contributed by atoms with Gasteiger partial charge in [0, 0.05) is 12.0 Å². The first kappa shape index (κ1) is 14.2. The molecular weight excluding hydrogens is 250 g/mol. The Kier molecular flexibility index (Phi) is 4.66. The van der Waals surface area contributed by atoms with E-state index in [2.05, 4.69) is 0 Å². The molecule has 1 aliphatic carbocycles. The second-order valence-corrected chi connectivity index (χ2v) is 4.84. The monoisotopic (exact) mass is 268 g/mol. The van der Waals surface area contributed by atoms with Crippen molar-refractivity contribution in [3.63, 3.8) is 0 Å². The van der Waals surface area contributed by atoms with E-state index >= 15 is 0 Å². The summed E-state index contributed by atoms with van der Waals surface area (Å²) >= 11 is 0. The number of aliphatic hydroxyl groups excluding tert-OH is 1. The van der Waals surface area contributed by atoms with E-state index in [4.69, 9.17) is 4.74 Å². The fourth-order valence-corrected chi connectivity index (χ4v) is 2.07. The first-order chi connectivity index (χ1) is 9.08. The molecule has 1 atom stereocenters. The Bertz CT molecular complexity index is 429. The van der Waals surface area contributed by atoms with Crippen LogP contribution in [0, 0.1) is 0 Å². The van der Waals surface area contributed by atoms with Crippen LogP contribution in [0.3, 0.4) is 0 Å². The van der Waals surface area contributed by atoms with Crippen molar-refractivity contribution in [2.75, 3.05) is 6.61 Å². The maximum Gasteiger partial charge on any atom is 0.271 e. The SMILES string of the molecule is OC1CC=C(COCc2ccccc2)C(F)(F)CC1. The van der Waals surface area contributed by atoms with Gasteiger partial charge in [-0.1, -0.05) is 36.4 Å². The van der Waals surface area contributed by atoms with Crippen molar-refractivity contribution in [1.29, 1.82) is 0 Å². The highest BCUT2D eigenvalue weighted by molar-refractivity contribution is 5.17. The average molecular weight is 268 g/mol. The molecule has 0 saturated heterocycles. The van der Waals surface area contributed by atoms with E-state index in [0.29, 0.717) is 6.61 Å². The molecule has 1 aromatic rings. The molecule has 0 bridgehead atoms. The molecule has 0 aromatic heterocycles. The van der Waals surface area contributed by atoms with Gasteiger partial charge in [-0.25, -0.2) is 8.78 Å². The lowest BCUT2D eigenvalue weighted by Crippen LogP contribution is -2.22. The highest BCUT2D eigenvalue weighted by Gasteiger charge is 2.36. The Morgan fingerprint density at radius 1 is 1.21 bits per heavy atom. The normalized spacial score (nSPS) is 22.7. The summed E-state index contributed by atoms with van der Waals surface area (Å²) in [5.74, 6) is -2.87. The third kappa shape index (κ3) is 4.11. The van der Waals surface area contributed by atoms with E-state index in [-0.39, 0.29) is 31.4 Å². The second-order valence-electron chi connectivity index (χ2n) is 4.84. The van der Waals surface area contributed by atoms with Gasteiger partial charge in [-0.2, -0.15) is 0 Å². The number of benzene rings is 1. The highest BCUT2D eigenvalue weighted by atomic mass is 19.3. The molecule has 0 heterocycles. The molecule has 0 saturated carbocycles. The Labute approximate surface area is 111 Å². The standard InChI is InChI=1S/C15H18F2O2/c16-15(17)9-8-14(18)7-6-13(15)11-19-10-12-4-2-1-3-5-12/h1-6,14,18H,7-11H2. The second kappa shape index (κ2) is 6.26. The molecule has 1 N–H and O–H groups in total. The molecule has 0 radical (unpaired) electrons. The fraction of sp³-hybridized carbons (Fsp3) is 0.467. The Hall–Kier alpha value is -1.26. The number of rotatable bonds is 4. The van der Waals surface area contributed by atoms with Crippen LogP contribution in [0.15, 0.2) is 42.0 Å². The van der Waals surface area contributed by atoms with Gasteiger partial charge in [-0.15, -0.1) is 0 Å². The molecule has 2 rings (SSSR count). The van der Waals surface area contributed by atoms with Gasteiger partial charge in [0.05, 0.1) is 19.3 Å². The molecule has 0 spiro atoms. The summed E-state index contributed by atoms with van der Waals surface area (Å²) in [6.07, 6.45) is 0.848. The average Bonchev–Trinajstić information content (AvgIpc) is 2.52. The molecule has 1 unspecified atom stereocenters. The van der Waals surface area contributed by atoms with Crippen molar-refractivity contribution in [3.8, 4) is 0 Å². The smallest absolute Gasteiger partial charge is 0.271 e. The van der Waals surface area contributed by atoms with E-state index < -0.39 is 12.0 Å². The van der Waals surface area contributed by atoms with Gasteiger partial charge in [-0.3, -0.25) is 0 Å². The van der Waals surface area contributed by atoms with Crippen LogP contribution in [0.5, 0.6) is 0 Å². The van der Waals surface area contributed by atoms with Crippen molar-refractivity contribution in [3.05, 3.63) is 47.5 Å².